The second-order valence-electron chi connectivity index (χ2n) is 7.80. The van der Waals surface area contributed by atoms with Crippen LogP contribution >= 0.6 is 11.3 Å². The van der Waals surface area contributed by atoms with E-state index in [0.29, 0.717) is 0 Å². The van der Waals surface area contributed by atoms with Gasteiger partial charge >= 0.3 is 0 Å². The Morgan fingerprint density at radius 3 is 2.38 bits per heavy atom. The van der Waals surface area contributed by atoms with Crippen molar-refractivity contribution in [2.24, 2.45) is 0 Å². The predicted octanol–water partition coefficient (Wildman–Crippen LogP) is 6.01. The first-order chi connectivity index (χ1) is 12.7. The highest BCUT2D eigenvalue weighted by molar-refractivity contribution is 7.27. The van der Waals surface area contributed by atoms with Gasteiger partial charge in [0, 0.05) is 20.2 Å². The number of hydrogen-bond donors (Lipinski definition) is 0. The molecule has 2 heterocycles. The molecule has 124 valence electrons. The van der Waals surface area contributed by atoms with Crippen LogP contribution in [0.4, 0.5) is 0 Å². The summed E-state index contributed by atoms with van der Waals surface area (Å²) in [5.74, 6) is 0. The second-order valence-corrected chi connectivity index (χ2v) is 13.1. The first-order valence-electron chi connectivity index (χ1n) is 9.13. The van der Waals surface area contributed by atoms with Gasteiger partial charge in [0.1, 0.15) is 8.07 Å². The average Bonchev–Trinajstić information content (AvgIpc) is 3.16. The van der Waals surface area contributed by atoms with Crippen LogP contribution < -0.4 is 10.4 Å². The van der Waals surface area contributed by atoms with Crippen LogP contribution in [0.25, 0.3) is 42.1 Å². The molecule has 0 amide bonds. The maximum absolute atomic E-state index is 2.52. The topological polar surface area (TPSA) is 0 Å². The van der Waals surface area contributed by atoms with Crippen LogP contribution in [0.5, 0.6) is 0 Å². The number of benzene rings is 4. The molecule has 0 atom stereocenters. The molecule has 0 radical (unpaired) electrons. The maximum atomic E-state index is 2.52. The van der Waals surface area contributed by atoms with Gasteiger partial charge in [-0.05, 0) is 38.3 Å². The van der Waals surface area contributed by atoms with E-state index in [0.717, 1.165) is 0 Å². The highest BCUT2D eigenvalue weighted by atomic mass is 32.1. The molecule has 26 heavy (non-hydrogen) atoms. The maximum Gasteiger partial charge on any atom is 0.114 e. The molecule has 0 unspecified atom stereocenters. The highest BCUT2D eigenvalue weighted by Gasteiger charge is 2.39. The summed E-state index contributed by atoms with van der Waals surface area (Å²) >= 11 is 1.96. The Labute approximate surface area is 157 Å². The number of fused-ring (bicyclic) bond motifs is 9. The van der Waals surface area contributed by atoms with Gasteiger partial charge in [0.05, 0.1) is 0 Å². The smallest absolute Gasteiger partial charge is 0.114 e. The first-order valence-corrected chi connectivity index (χ1v) is 13.0. The van der Waals surface area contributed by atoms with Crippen molar-refractivity contribution < 1.29 is 0 Å². The fourth-order valence-corrected chi connectivity index (χ4v) is 9.68. The molecule has 1 aliphatic heterocycles. The van der Waals surface area contributed by atoms with Gasteiger partial charge in [-0.2, -0.15) is 0 Å². The van der Waals surface area contributed by atoms with Gasteiger partial charge in [-0.3, -0.25) is 0 Å². The van der Waals surface area contributed by atoms with E-state index in [1.54, 1.807) is 10.4 Å². The molecule has 0 N–H and O–H groups in total. The minimum Gasteiger partial charge on any atom is -0.135 e. The molecular weight excluding hydrogens is 348 g/mol. The Morgan fingerprint density at radius 2 is 1.46 bits per heavy atom. The SMILES string of the molecule is C[Si]1(C)c2ccccc2-c2ccc3ccc4c5ccccc5sc4c3c21. The van der Waals surface area contributed by atoms with E-state index in [9.17, 15) is 0 Å². The monoisotopic (exact) mass is 366 g/mol. The largest absolute Gasteiger partial charge is 0.135 e. The quantitative estimate of drug-likeness (QED) is 0.294. The van der Waals surface area contributed by atoms with Crippen molar-refractivity contribution in [2.75, 3.05) is 0 Å². The molecule has 1 aromatic heterocycles. The van der Waals surface area contributed by atoms with Gasteiger partial charge in [0.15, 0.2) is 0 Å². The molecule has 0 spiro atoms. The van der Waals surface area contributed by atoms with Crippen LogP contribution in [0, 0.1) is 0 Å². The first kappa shape index (κ1) is 14.7. The molecule has 0 saturated carbocycles. The standard InChI is InChI=1S/C24H18SSi/c1-26(2)21-10-6-4-8-17(21)19-14-12-15-11-13-18-16-7-3-5-9-20(16)25-23(18)22(15)24(19)26/h3-14H,1-2H3. The number of hydrogen-bond acceptors (Lipinski definition) is 1. The summed E-state index contributed by atoms with van der Waals surface area (Å²) in [6, 6.07) is 27.2. The van der Waals surface area contributed by atoms with E-state index in [-0.39, 0.29) is 0 Å². The third kappa shape index (κ3) is 1.69. The van der Waals surface area contributed by atoms with Crippen LogP contribution in [0.15, 0.2) is 72.8 Å². The fourth-order valence-electron chi connectivity index (χ4n) is 4.86. The van der Waals surface area contributed by atoms with Crippen molar-refractivity contribution >= 4 is 60.7 Å². The Balaban J connectivity index is 1.87. The van der Waals surface area contributed by atoms with Gasteiger partial charge in [-0.25, -0.2) is 0 Å². The summed E-state index contributed by atoms with van der Waals surface area (Å²) in [7, 11) is -1.71. The highest BCUT2D eigenvalue weighted by Crippen LogP contribution is 2.41. The molecular formula is C24H18SSi. The zero-order chi connectivity index (χ0) is 17.5. The lowest BCUT2D eigenvalue weighted by atomic mass is 10.00. The lowest BCUT2D eigenvalue weighted by Crippen LogP contribution is -2.49. The van der Waals surface area contributed by atoms with Crippen molar-refractivity contribution in [3.05, 3.63) is 72.8 Å². The normalized spacial score (nSPS) is 14.8. The number of rotatable bonds is 0. The predicted molar refractivity (Wildman–Crippen MR) is 119 cm³/mol. The van der Waals surface area contributed by atoms with E-state index >= 15 is 0 Å². The Hall–Kier alpha value is -2.42. The average molecular weight is 367 g/mol. The summed E-state index contributed by atoms with van der Waals surface area (Å²) < 4.78 is 2.86. The molecule has 0 bridgehead atoms. The second kappa shape index (κ2) is 4.85. The summed E-state index contributed by atoms with van der Waals surface area (Å²) in [6.07, 6.45) is 0. The van der Waals surface area contributed by atoms with Crippen molar-refractivity contribution in [1.29, 1.82) is 0 Å². The van der Waals surface area contributed by atoms with E-state index in [4.69, 9.17) is 0 Å². The Kier molecular flexibility index (Phi) is 2.74. The van der Waals surface area contributed by atoms with Crippen LogP contribution in [-0.2, 0) is 0 Å². The molecule has 6 rings (SSSR count). The summed E-state index contributed by atoms with van der Waals surface area (Å²) in [4.78, 5) is 0. The molecule has 0 aliphatic carbocycles. The van der Waals surface area contributed by atoms with Crippen LogP contribution in [-0.4, -0.2) is 8.07 Å². The molecule has 0 nitrogen and oxygen atoms in total. The van der Waals surface area contributed by atoms with Crippen molar-refractivity contribution in [2.45, 2.75) is 13.1 Å². The zero-order valence-corrected chi connectivity index (χ0v) is 16.7. The van der Waals surface area contributed by atoms with Crippen molar-refractivity contribution in [3.8, 4) is 11.1 Å². The molecule has 0 saturated heterocycles. The van der Waals surface area contributed by atoms with Crippen molar-refractivity contribution in [1.82, 2.24) is 0 Å². The van der Waals surface area contributed by atoms with Crippen LogP contribution in [0.2, 0.25) is 13.1 Å². The minimum absolute atomic E-state index is 1.39. The summed E-state index contributed by atoms with van der Waals surface area (Å²) in [6.45, 7) is 5.03. The molecule has 1 aliphatic rings. The van der Waals surface area contributed by atoms with E-state index < -0.39 is 8.07 Å². The van der Waals surface area contributed by atoms with Crippen LogP contribution in [0.1, 0.15) is 0 Å². The van der Waals surface area contributed by atoms with E-state index in [1.165, 1.54) is 42.1 Å². The van der Waals surface area contributed by atoms with Gasteiger partial charge in [0.2, 0.25) is 0 Å². The lowest BCUT2D eigenvalue weighted by Gasteiger charge is -2.21. The third-order valence-corrected chi connectivity index (χ3v) is 10.8. The molecule has 4 aromatic carbocycles. The molecule has 2 heteroatoms. The van der Waals surface area contributed by atoms with Gasteiger partial charge in [-0.15, -0.1) is 11.3 Å². The summed E-state index contributed by atoms with van der Waals surface area (Å²) in [5.41, 5.74) is 2.92. The Bertz CT molecular complexity index is 1360. The van der Waals surface area contributed by atoms with E-state index in [1.807, 2.05) is 11.3 Å². The fraction of sp³-hybridized carbons (Fsp3) is 0.0833. The molecule has 5 aromatic rings. The summed E-state index contributed by atoms with van der Waals surface area (Å²) in [5, 5.41) is 8.91. The van der Waals surface area contributed by atoms with Crippen LogP contribution in [0.3, 0.4) is 0 Å². The molecule has 0 fully saturated rings. The zero-order valence-electron chi connectivity index (χ0n) is 14.8. The van der Waals surface area contributed by atoms with Crippen molar-refractivity contribution in [3.63, 3.8) is 0 Å². The Morgan fingerprint density at radius 1 is 0.692 bits per heavy atom. The van der Waals surface area contributed by atoms with Gasteiger partial charge in [-0.1, -0.05) is 79.8 Å². The minimum atomic E-state index is -1.71. The number of thiophene rings is 1. The van der Waals surface area contributed by atoms with Gasteiger partial charge in [0.25, 0.3) is 0 Å². The third-order valence-electron chi connectivity index (χ3n) is 6.04. The van der Waals surface area contributed by atoms with E-state index in [2.05, 4.69) is 85.9 Å². The van der Waals surface area contributed by atoms with Gasteiger partial charge < -0.3 is 0 Å². The lowest BCUT2D eigenvalue weighted by molar-refractivity contribution is 1.73.